The number of hydrogen-bond donors (Lipinski definition) is 0. The van der Waals surface area contributed by atoms with Crippen LogP contribution in [0.1, 0.15) is 17.5 Å². The van der Waals surface area contributed by atoms with Crippen LogP contribution in [0.4, 0.5) is 17.6 Å². The Kier molecular flexibility index (Phi) is 1.96. The molecule has 15 heavy (non-hydrogen) atoms. The second-order valence-electron chi connectivity index (χ2n) is 3.62. The number of fused-ring (bicyclic) bond motifs is 1. The first-order valence-electron chi connectivity index (χ1n) is 4.36. The predicted octanol–water partition coefficient (Wildman–Crippen LogP) is 3.46. The summed E-state index contributed by atoms with van der Waals surface area (Å²) < 4.78 is 56.4. The minimum atomic E-state index is -3.80. The Labute approximate surface area is 83.7 Å². The minimum absolute atomic E-state index is 0.443. The van der Waals surface area contributed by atoms with Gasteiger partial charge in [-0.2, -0.15) is 8.78 Å². The van der Waals surface area contributed by atoms with Gasteiger partial charge in [0, 0.05) is 0 Å². The predicted molar refractivity (Wildman–Crippen MR) is 45.3 cm³/mol. The number of rotatable bonds is 0. The lowest BCUT2D eigenvalue weighted by molar-refractivity contribution is -0.239. The zero-order valence-corrected chi connectivity index (χ0v) is 7.86. The Balaban J connectivity index is 2.55. The van der Waals surface area contributed by atoms with Crippen LogP contribution < -0.4 is 4.74 Å². The molecule has 1 heterocycles. The van der Waals surface area contributed by atoms with Gasteiger partial charge in [-0.25, -0.2) is 8.78 Å². The van der Waals surface area contributed by atoms with Crippen molar-refractivity contribution in [1.29, 1.82) is 0 Å². The Hall–Kier alpha value is -1.26. The average molecular weight is 220 g/mol. The van der Waals surface area contributed by atoms with Crippen LogP contribution in [0.3, 0.4) is 0 Å². The topological polar surface area (TPSA) is 9.23 Å². The Morgan fingerprint density at radius 2 is 1.87 bits per heavy atom. The van der Waals surface area contributed by atoms with Crippen molar-refractivity contribution in [3.63, 3.8) is 0 Å². The van der Waals surface area contributed by atoms with Gasteiger partial charge >= 0.3 is 6.11 Å². The zero-order chi connectivity index (χ0) is 11.3. The molecule has 1 aliphatic heterocycles. The summed E-state index contributed by atoms with van der Waals surface area (Å²) in [6.07, 6.45) is -5.40. The Bertz CT molecular complexity index is 400. The third kappa shape index (κ3) is 1.78. The number of halogens is 4. The molecule has 1 aromatic rings. The van der Waals surface area contributed by atoms with Crippen molar-refractivity contribution < 1.29 is 22.3 Å². The molecule has 0 saturated heterocycles. The average Bonchev–Trinajstić information content (AvgIpc) is 2.03. The van der Waals surface area contributed by atoms with Gasteiger partial charge < -0.3 is 4.74 Å². The van der Waals surface area contributed by atoms with Crippen LogP contribution in [0, 0.1) is 6.92 Å². The number of aryl methyl sites for hydroxylation is 1. The Morgan fingerprint density at radius 1 is 1.20 bits per heavy atom. The van der Waals surface area contributed by atoms with Crippen molar-refractivity contribution in [2.24, 2.45) is 0 Å². The maximum atomic E-state index is 13.3. The second-order valence-corrected chi connectivity index (χ2v) is 3.62. The molecule has 1 aromatic carbocycles. The molecule has 0 spiro atoms. The first-order valence-corrected chi connectivity index (χ1v) is 4.36. The van der Waals surface area contributed by atoms with Crippen molar-refractivity contribution in [2.75, 3.05) is 0 Å². The van der Waals surface area contributed by atoms with Gasteiger partial charge in [0.25, 0.3) is 5.92 Å². The summed E-state index contributed by atoms with van der Waals surface area (Å²) in [5, 5.41) is 0. The third-order valence-corrected chi connectivity index (χ3v) is 2.22. The molecule has 0 bridgehead atoms. The summed E-state index contributed by atoms with van der Waals surface area (Å²) in [6, 6.07) is 3.77. The highest BCUT2D eigenvalue weighted by Crippen LogP contribution is 2.48. The van der Waals surface area contributed by atoms with E-state index in [0.717, 1.165) is 6.07 Å². The zero-order valence-electron chi connectivity index (χ0n) is 7.86. The maximum absolute atomic E-state index is 13.3. The highest BCUT2D eigenvalue weighted by molar-refractivity contribution is 5.41. The molecule has 0 saturated carbocycles. The quantitative estimate of drug-likeness (QED) is 0.608. The summed E-state index contributed by atoms with van der Waals surface area (Å²) in [5.74, 6) is -3.98. The molecule has 0 fully saturated rings. The molecule has 1 nitrogen and oxygen atoms in total. The van der Waals surface area contributed by atoms with Gasteiger partial charge in [-0.05, 0) is 19.1 Å². The van der Waals surface area contributed by atoms with Crippen LogP contribution in [-0.2, 0) is 5.92 Å². The third-order valence-electron chi connectivity index (χ3n) is 2.22. The van der Waals surface area contributed by atoms with Crippen LogP contribution >= 0.6 is 0 Å². The van der Waals surface area contributed by atoms with E-state index in [0.29, 0.717) is 5.56 Å². The fraction of sp³-hybridized carbons (Fsp3) is 0.400. The van der Waals surface area contributed by atoms with E-state index < -0.39 is 29.8 Å². The van der Waals surface area contributed by atoms with Crippen LogP contribution in [0.5, 0.6) is 5.75 Å². The van der Waals surface area contributed by atoms with Crippen LogP contribution in [0.2, 0.25) is 0 Å². The van der Waals surface area contributed by atoms with E-state index in [1.54, 1.807) is 6.92 Å². The van der Waals surface area contributed by atoms with Crippen molar-refractivity contribution in [3.8, 4) is 5.75 Å². The minimum Gasteiger partial charge on any atom is -0.432 e. The molecule has 0 unspecified atom stereocenters. The molecule has 0 aliphatic carbocycles. The normalized spacial score (nSPS) is 21.7. The number of hydrogen-bond acceptors (Lipinski definition) is 1. The fourth-order valence-electron chi connectivity index (χ4n) is 1.57. The number of alkyl halides is 4. The first kappa shape index (κ1) is 10.3. The molecule has 0 radical (unpaired) electrons. The molecule has 82 valence electrons. The molecule has 5 heteroatoms. The van der Waals surface area contributed by atoms with Crippen molar-refractivity contribution in [1.82, 2.24) is 0 Å². The maximum Gasteiger partial charge on any atom is 0.404 e. The molecule has 0 aromatic heterocycles. The smallest absolute Gasteiger partial charge is 0.404 e. The summed E-state index contributed by atoms with van der Waals surface area (Å²) in [7, 11) is 0. The van der Waals surface area contributed by atoms with Crippen LogP contribution in [0.15, 0.2) is 18.2 Å². The van der Waals surface area contributed by atoms with E-state index in [9.17, 15) is 17.6 Å². The van der Waals surface area contributed by atoms with E-state index in [2.05, 4.69) is 4.74 Å². The number of benzene rings is 1. The molecule has 0 N–H and O–H groups in total. The Morgan fingerprint density at radius 3 is 2.53 bits per heavy atom. The fourth-order valence-corrected chi connectivity index (χ4v) is 1.57. The van der Waals surface area contributed by atoms with Gasteiger partial charge in [-0.15, -0.1) is 0 Å². The van der Waals surface area contributed by atoms with Crippen LogP contribution in [-0.4, -0.2) is 6.11 Å². The summed E-state index contributed by atoms with van der Waals surface area (Å²) >= 11 is 0. The summed E-state index contributed by atoms with van der Waals surface area (Å²) in [5.41, 5.74) is 0.121. The number of ether oxygens (including phenoxy) is 1. The molecule has 1 aliphatic rings. The van der Waals surface area contributed by atoms with Crippen molar-refractivity contribution in [3.05, 3.63) is 29.3 Å². The molecule has 0 atom stereocenters. The SMILES string of the molecule is Cc1ccc2c(c1)C(F)(F)CC(F)(F)O2. The van der Waals surface area contributed by atoms with Gasteiger partial charge in [-0.3, -0.25) is 0 Å². The van der Waals surface area contributed by atoms with Gasteiger partial charge in [0.05, 0.1) is 5.56 Å². The van der Waals surface area contributed by atoms with Gasteiger partial charge in [0.2, 0.25) is 0 Å². The molecule has 2 rings (SSSR count). The van der Waals surface area contributed by atoms with E-state index in [4.69, 9.17) is 0 Å². The lowest BCUT2D eigenvalue weighted by atomic mass is 9.99. The lowest BCUT2D eigenvalue weighted by Crippen LogP contribution is -2.37. The van der Waals surface area contributed by atoms with E-state index in [-0.39, 0.29) is 0 Å². The largest absolute Gasteiger partial charge is 0.432 e. The van der Waals surface area contributed by atoms with Gasteiger partial charge in [0.15, 0.2) is 0 Å². The monoisotopic (exact) mass is 220 g/mol. The van der Waals surface area contributed by atoms with Crippen molar-refractivity contribution >= 4 is 0 Å². The van der Waals surface area contributed by atoms with Gasteiger partial charge in [-0.1, -0.05) is 11.6 Å². The summed E-state index contributed by atoms with van der Waals surface area (Å²) in [6.45, 7) is 1.61. The molecular formula is C10H8F4O. The highest BCUT2D eigenvalue weighted by Gasteiger charge is 2.52. The van der Waals surface area contributed by atoms with Crippen LogP contribution in [0.25, 0.3) is 0 Å². The van der Waals surface area contributed by atoms with E-state index >= 15 is 0 Å². The lowest BCUT2D eigenvalue weighted by Gasteiger charge is -2.31. The molecule has 0 amide bonds. The first-order chi connectivity index (χ1) is 6.80. The van der Waals surface area contributed by atoms with E-state index in [1.165, 1.54) is 12.1 Å². The summed E-state index contributed by atoms with van der Waals surface area (Å²) in [4.78, 5) is 0. The highest BCUT2D eigenvalue weighted by atomic mass is 19.3. The van der Waals surface area contributed by atoms with Crippen molar-refractivity contribution in [2.45, 2.75) is 25.4 Å². The van der Waals surface area contributed by atoms with E-state index in [1.807, 2.05) is 0 Å². The van der Waals surface area contributed by atoms with Gasteiger partial charge in [0.1, 0.15) is 12.2 Å². The second kappa shape index (κ2) is 2.87. The molecular weight excluding hydrogens is 212 g/mol. The standard InChI is InChI=1S/C10H8F4O/c1-6-2-3-8-7(4-6)9(11,12)5-10(13,14)15-8/h2-4H,5H2,1H3.